The molecule has 1 aromatic heterocycles. The number of para-hydroxylation sites is 1. The first-order valence-corrected chi connectivity index (χ1v) is 11.7. The van der Waals surface area contributed by atoms with E-state index < -0.39 is 9.84 Å². The van der Waals surface area contributed by atoms with E-state index in [9.17, 15) is 13.2 Å². The van der Waals surface area contributed by atoms with Gasteiger partial charge in [-0.1, -0.05) is 41.3 Å². The van der Waals surface area contributed by atoms with Gasteiger partial charge in [0.15, 0.2) is 18.1 Å². The van der Waals surface area contributed by atoms with Gasteiger partial charge in [-0.15, -0.1) is 5.10 Å². The second-order valence-corrected chi connectivity index (χ2v) is 10.9. The molecule has 1 aromatic carbocycles. The van der Waals surface area contributed by atoms with Crippen LogP contribution in [0.25, 0.3) is 5.69 Å². The second kappa shape index (κ2) is 7.56. The van der Waals surface area contributed by atoms with Crippen LogP contribution in [-0.2, 0) is 14.6 Å². The highest BCUT2D eigenvalue weighted by molar-refractivity contribution is 8.01. The first kappa shape index (κ1) is 18.6. The van der Waals surface area contributed by atoms with Gasteiger partial charge >= 0.3 is 0 Å². The molecule has 0 bridgehead atoms. The van der Waals surface area contributed by atoms with Gasteiger partial charge in [0.2, 0.25) is 5.91 Å². The summed E-state index contributed by atoms with van der Waals surface area (Å²) in [6.45, 7) is 1.99. The smallest absolute Gasteiger partial charge is 0.230 e. The van der Waals surface area contributed by atoms with Crippen LogP contribution in [0.2, 0.25) is 0 Å². The molecule has 0 radical (unpaired) electrons. The number of carbonyl (C=O) groups excluding carboxylic acids is 1. The third kappa shape index (κ3) is 4.69. The Bertz CT molecular complexity index is 949. The minimum Gasteiger partial charge on any atom is -0.352 e. The van der Waals surface area contributed by atoms with Gasteiger partial charge in [0, 0.05) is 6.04 Å². The number of carbonyl (C=O) groups is 1. The molecule has 3 rings (SSSR count). The standard InChI is InChI=1S/C15H17N3O3S4/c1-10-4-2-3-5-12(10)18-15(22)24-14(17-18)23-8-13(19)16-11-6-7-25(20,21)9-11/h2-5,11H,6-9H2,1H3,(H,16,19)/t11-/m0/s1. The predicted octanol–water partition coefficient (Wildman–Crippen LogP) is 2.37. The first-order chi connectivity index (χ1) is 11.8. The number of benzene rings is 1. The van der Waals surface area contributed by atoms with Crippen LogP contribution in [0.4, 0.5) is 0 Å². The largest absolute Gasteiger partial charge is 0.352 e. The lowest BCUT2D eigenvalue weighted by Crippen LogP contribution is -2.36. The molecule has 1 saturated heterocycles. The van der Waals surface area contributed by atoms with E-state index in [1.165, 1.54) is 23.1 Å². The van der Waals surface area contributed by atoms with Crippen molar-refractivity contribution < 1.29 is 13.2 Å². The number of amides is 1. The maximum Gasteiger partial charge on any atom is 0.230 e. The van der Waals surface area contributed by atoms with Gasteiger partial charge in [0.25, 0.3) is 0 Å². The van der Waals surface area contributed by atoms with Crippen LogP contribution in [0.1, 0.15) is 12.0 Å². The SMILES string of the molecule is Cc1ccccc1-n1nc(SCC(=O)N[C@H]2CCS(=O)(=O)C2)sc1=S. The summed E-state index contributed by atoms with van der Waals surface area (Å²) in [5.41, 5.74) is 2.00. The molecule has 25 heavy (non-hydrogen) atoms. The summed E-state index contributed by atoms with van der Waals surface area (Å²) in [6.07, 6.45) is 0.486. The lowest BCUT2D eigenvalue weighted by molar-refractivity contribution is -0.119. The van der Waals surface area contributed by atoms with Gasteiger partial charge in [-0.2, -0.15) is 0 Å². The van der Waals surface area contributed by atoms with Crippen LogP contribution < -0.4 is 5.32 Å². The molecule has 0 saturated carbocycles. The zero-order valence-corrected chi connectivity index (χ0v) is 16.7. The molecule has 1 aliphatic heterocycles. The minimum atomic E-state index is -2.99. The molecule has 1 aliphatic rings. The molecular formula is C15H17N3O3S4. The molecule has 2 heterocycles. The third-order valence-corrected chi connectivity index (χ3v) is 7.93. The summed E-state index contributed by atoms with van der Waals surface area (Å²) < 4.78 is 25.9. The predicted molar refractivity (Wildman–Crippen MR) is 103 cm³/mol. The van der Waals surface area contributed by atoms with Crippen molar-refractivity contribution in [2.75, 3.05) is 17.3 Å². The Hall–Kier alpha value is -1.23. The van der Waals surface area contributed by atoms with E-state index in [-0.39, 0.29) is 29.2 Å². The van der Waals surface area contributed by atoms with Gasteiger partial charge in [0.05, 0.1) is 22.9 Å². The van der Waals surface area contributed by atoms with E-state index in [1.807, 2.05) is 31.2 Å². The van der Waals surface area contributed by atoms with Gasteiger partial charge in [-0.25, -0.2) is 13.1 Å². The number of hydrogen-bond donors (Lipinski definition) is 1. The summed E-state index contributed by atoms with van der Waals surface area (Å²) >= 11 is 8.04. The maximum atomic E-state index is 12.0. The molecule has 1 amide bonds. The Balaban J connectivity index is 1.61. The minimum absolute atomic E-state index is 0.0320. The topological polar surface area (TPSA) is 81.1 Å². The van der Waals surface area contributed by atoms with E-state index in [1.54, 1.807) is 4.68 Å². The highest BCUT2D eigenvalue weighted by atomic mass is 32.2. The fraction of sp³-hybridized carbons (Fsp3) is 0.400. The van der Waals surface area contributed by atoms with Crippen molar-refractivity contribution in [3.63, 3.8) is 0 Å². The lowest BCUT2D eigenvalue weighted by Gasteiger charge is -2.09. The Kier molecular flexibility index (Phi) is 5.62. The second-order valence-electron chi connectivity index (χ2n) is 5.79. The zero-order chi connectivity index (χ0) is 18.0. The molecule has 10 heteroatoms. The van der Waals surface area contributed by atoms with Crippen molar-refractivity contribution in [2.24, 2.45) is 0 Å². The van der Waals surface area contributed by atoms with Crippen molar-refractivity contribution in [3.8, 4) is 5.69 Å². The van der Waals surface area contributed by atoms with E-state index in [0.717, 1.165) is 11.3 Å². The molecule has 2 aromatic rings. The molecule has 0 spiro atoms. The monoisotopic (exact) mass is 415 g/mol. The average Bonchev–Trinajstić information content (AvgIpc) is 3.08. The number of thioether (sulfide) groups is 1. The molecule has 6 nitrogen and oxygen atoms in total. The summed E-state index contributed by atoms with van der Waals surface area (Å²) in [7, 11) is -2.99. The molecule has 1 N–H and O–H groups in total. The number of nitrogens with one attached hydrogen (secondary N) is 1. The van der Waals surface area contributed by atoms with Crippen LogP contribution in [0.5, 0.6) is 0 Å². The number of rotatable bonds is 5. The summed E-state index contributed by atoms with van der Waals surface area (Å²) in [4.78, 5) is 12.0. The Labute approximate surface area is 159 Å². The first-order valence-electron chi connectivity index (χ1n) is 7.63. The van der Waals surface area contributed by atoms with Crippen LogP contribution >= 0.6 is 35.3 Å². The fourth-order valence-electron chi connectivity index (χ4n) is 2.58. The lowest BCUT2D eigenvalue weighted by atomic mass is 10.2. The molecule has 0 unspecified atom stereocenters. The van der Waals surface area contributed by atoms with E-state index >= 15 is 0 Å². The van der Waals surface area contributed by atoms with Gasteiger partial charge in [-0.05, 0) is 37.2 Å². The summed E-state index contributed by atoms with van der Waals surface area (Å²) in [5.74, 6) is 0.181. The highest BCUT2D eigenvalue weighted by Crippen LogP contribution is 2.25. The number of aryl methyl sites for hydroxylation is 1. The highest BCUT2D eigenvalue weighted by Gasteiger charge is 2.28. The van der Waals surface area contributed by atoms with E-state index in [2.05, 4.69) is 10.4 Å². The number of sulfone groups is 1. The average molecular weight is 416 g/mol. The van der Waals surface area contributed by atoms with Crippen LogP contribution in [0.3, 0.4) is 0 Å². The van der Waals surface area contributed by atoms with Crippen molar-refractivity contribution in [1.82, 2.24) is 15.1 Å². The number of nitrogens with zero attached hydrogens (tertiary/aromatic N) is 2. The fourth-order valence-corrected chi connectivity index (χ4v) is 6.41. The molecule has 134 valence electrons. The number of aromatic nitrogens is 2. The Morgan fingerprint density at radius 1 is 1.48 bits per heavy atom. The zero-order valence-electron chi connectivity index (χ0n) is 13.5. The van der Waals surface area contributed by atoms with Crippen molar-refractivity contribution in [3.05, 3.63) is 33.8 Å². The van der Waals surface area contributed by atoms with Gasteiger partial charge < -0.3 is 5.32 Å². The van der Waals surface area contributed by atoms with E-state index in [0.29, 0.717) is 14.7 Å². The normalized spacial score (nSPS) is 19.0. The Morgan fingerprint density at radius 2 is 2.24 bits per heavy atom. The van der Waals surface area contributed by atoms with E-state index in [4.69, 9.17) is 12.2 Å². The molecular weight excluding hydrogens is 398 g/mol. The van der Waals surface area contributed by atoms with Crippen molar-refractivity contribution >= 4 is 51.1 Å². The maximum absolute atomic E-state index is 12.0. The van der Waals surface area contributed by atoms with Crippen molar-refractivity contribution in [2.45, 2.75) is 23.7 Å². The molecule has 0 aliphatic carbocycles. The number of hydrogen-bond acceptors (Lipinski definition) is 7. The summed E-state index contributed by atoms with van der Waals surface area (Å²) in [5, 5.41) is 7.26. The Morgan fingerprint density at radius 3 is 2.92 bits per heavy atom. The van der Waals surface area contributed by atoms with Crippen LogP contribution in [-0.4, -0.2) is 47.4 Å². The third-order valence-electron chi connectivity index (χ3n) is 3.80. The molecule has 1 fully saturated rings. The van der Waals surface area contributed by atoms with Crippen LogP contribution in [0, 0.1) is 10.9 Å². The van der Waals surface area contributed by atoms with Crippen LogP contribution in [0.15, 0.2) is 28.6 Å². The van der Waals surface area contributed by atoms with Gasteiger partial charge in [-0.3, -0.25) is 4.79 Å². The molecule has 1 atom stereocenters. The quantitative estimate of drug-likeness (QED) is 0.596. The van der Waals surface area contributed by atoms with Gasteiger partial charge in [0.1, 0.15) is 0 Å². The van der Waals surface area contributed by atoms with Crippen molar-refractivity contribution in [1.29, 1.82) is 0 Å². The summed E-state index contributed by atoms with van der Waals surface area (Å²) in [6, 6.07) is 7.55.